The summed E-state index contributed by atoms with van der Waals surface area (Å²) in [5.41, 5.74) is 0.967. The number of anilines is 2. The summed E-state index contributed by atoms with van der Waals surface area (Å²) in [6.07, 6.45) is 1.08. The van der Waals surface area contributed by atoms with E-state index in [-0.39, 0.29) is 28.4 Å². The highest BCUT2D eigenvalue weighted by molar-refractivity contribution is 6.11. The van der Waals surface area contributed by atoms with Gasteiger partial charge in [-0.1, -0.05) is 30.3 Å². The molecule has 1 heterocycles. The normalized spacial score (nSPS) is 10.5. The van der Waals surface area contributed by atoms with Crippen molar-refractivity contribution in [2.45, 2.75) is 0 Å². The summed E-state index contributed by atoms with van der Waals surface area (Å²) in [6, 6.07) is 17.3. The van der Waals surface area contributed by atoms with Crippen LogP contribution in [-0.4, -0.2) is 16.8 Å². The molecule has 0 aliphatic heterocycles. The molecule has 2 amide bonds. The lowest BCUT2D eigenvalue weighted by Crippen LogP contribution is -2.16. The largest absolute Gasteiger partial charge is 0.443 e. The number of oxazole rings is 1. The predicted octanol–water partition coefficient (Wildman–Crippen LogP) is 5.12. The van der Waals surface area contributed by atoms with Gasteiger partial charge in [-0.15, -0.1) is 0 Å². The van der Waals surface area contributed by atoms with Gasteiger partial charge in [0, 0.05) is 16.9 Å². The maximum absolute atomic E-state index is 13.4. The van der Waals surface area contributed by atoms with Crippen LogP contribution in [0.5, 0.6) is 0 Å². The smallest absolute Gasteiger partial charge is 0.278 e. The third-order valence-corrected chi connectivity index (χ3v) is 4.36. The number of carbonyl (C=O) groups is 2. The first kappa shape index (κ1) is 20.0. The fourth-order valence-corrected chi connectivity index (χ4v) is 3.00. The highest BCUT2D eigenvalue weighted by atomic mass is 19.1. The van der Waals surface area contributed by atoms with Gasteiger partial charge in [-0.3, -0.25) is 9.59 Å². The van der Waals surface area contributed by atoms with E-state index in [0.29, 0.717) is 5.56 Å². The number of nitrogens with zero attached hydrogens (tertiary/aromatic N) is 1. The lowest BCUT2D eigenvalue weighted by atomic mass is 10.0. The Balaban J connectivity index is 1.64. The maximum Gasteiger partial charge on any atom is 0.278 e. The molecular formula is C23H15F2N3O3. The number of amides is 2. The minimum atomic E-state index is -0.630. The third kappa shape index (κ3) is 4.48. The fourth-order valence-electron chi connectivity index (χ4n) is 3.00. The van der Waals surface area contributed by atoms with Gasteiger partial charge in [0.05, 0.1) is 5.56 Å². The summed E-state index contributed by atoms with van der Waals surface area (Å²) >= 11 is 0. The zero-order valence-corrected chi connectivity index (χ0v) is 15.9. The molecule has 4 rings (SSSR count). The highest BCUT2D eigenvalue weighted by Crippen LogP contribution is 2.28. The van der Waals surface area contributed by atoms with Gasteiger partial charge in [0.15, 0.2) is 17.8 Å². The van der Waals surface area contributed by atoms with E-state index >= 15 is 0 Å². The standard InChI is InChI=1S/C23H15F2N3O3/c24-14-5-3-7-16(11-14)27-22(29)19-10-2-1-9-18(19)21-20(26-13-31-21)23(30)28-17-8-4-6-15(25)12-17/h1-13H,(H,27,29)(H,28,30). The van der Waals surface area contributed by atoms with Crippen molar-refractivity contribution in [1.82, 2.24) is 4.98 Å². The van der Waals surface area contributed by atoms with E-state index in [1.165, 1.54) is 36.4 Å². The van der Waals surface area contributed by atoms with Crippen molar-refractivity contribution in [1.29, 1.82) is 0 Å². The second-order valence-electron chi connectivity index (χ2n) is 6.50. The monoisotopic (exact) mass is 419 g/mol. The minimum Gasteiger partial charge on any atom is -0.443 e. The molecule has 0 unspecified atom stereocenters. The first-order valence-electron chi connectivity index (χ1n) is 9.18. The van der Waals surface area contributed by atoms with Crippen molar-refractivity contribution < 1.29 is 22.8 Å². The second kappa shape index (κ2) is 8.58. The molecule has 4 aromatic rings. The number of halogens is 2. The Bertz CT molecular complexity index is 1270. The van der Waals surface area contributed by atoms with Gasteiger partial charge < -0.3 is 15.1 Å². The molecule has 0 bridgehead atoms. The summed E-state index contributed by atoms with van der Waals surface area (Å²) in [7, 11) is 0. The Morgan fingerprint density at radius 3 is 2.03 bits per heavy atom. The van der Waals surface area contributed by atoms with E-state index in [1.54, 1.807) is 30.3 Å². The van der Waals surface area contributed by atoms with E-state index < -0.39 is 23.4 Å². The van der Waals surface area contributed by atoms with E-state index in [2.05, 4.69) is 15.6 Å². The number of hydrogen-bond donors (Lipinski definition) is 2. The molecule has 154 valence electrons. The summed E-state index contributed by atoms with van der Waals surface area (Å²) in [5, 5.41) is 5.16. The van der Waals surface area contributed by atoms with Crippen molar-refractivity contribution in [2.24, 2.45) is 0 Å². The van der Waals surface area contributed by atoms with E-state index in [4.69, 9.17) is 4.42 Å². The quantitative estimate of drug-likeness (QED) is 0.470. The summed E-state index contributed by atoms with van der Waals surface area (Å²) in [5.74, 6) is -2.07. The summed E-state index contributed by atoms with van der Waals surface area (Å²) in [4.78, 5) is 29.5. The van der Waals surface area contributed by atoms with Crippen LogP contribution in [0.3, 0.4) is 0 Å². The van der Waals surface area contributed by atoms with Crippen LogP contribution in [0.2, 0.25) is 0 Å². The molecule has 1 aromatic heterocycles. The van der Waals surface area contributed by atoms with Crippen molar-refractivity contribution >= 4 is 23.2 Å². The minimum absolute atomic E-state index is 0.0684. The van der Waals surface area contributed by atoms with Gasteiger partial charge >= 0.3 is 0 Å². The number of carbonyl (C=O) groups excluding carboxylic acids is 2. The van der Waals surface area contributed by atoms with Gasteiger partial charge in [0.1, 0.15) is 11.6 Å². The van der Waals surface area contributed by atoms with Crippen LogP contribution in [0, 0.1) is 11.6 Å². The first-order valence-corrected chi connectivity index (χ1v) is 9.18. The fraction of sp³-hybridized carbons (Fsp3) is 0. The van der Waals surface area contributed by atoms with Crippen LogP contribution in [0.25, 0.3) is 11.3 Å². The molecule has 0 radical (unpaired) electrons. The van der Waals surface area contributed by atoms with E-state index in [0.717, 1.165) is 12.5 Å². The van der Waals surface area contributed by atoms with Crippen molar-refractivity contribution in [2.75, 3.05) is 10.6 Å². The molecule has 8 heteroatoms. The molecule has 0 spiro atoms. The average Bonchev–Trinajstić information content (AvgIpc) is 3.24. The van der Waals surface area contributed by atoms with Crippen LogP contribution >= 0.6 is 0 Å². The van der Waals surface area contributed by atoms with Crippen LogP contribution in [0.15, 0.2) is 83.6 Å². The number of benzene rings is 3. The lowest BCUT2D eigenvalue weighted by Gasteiger charge is -2.10. The SMILES string of the molecule is O=C(Nc1cccc(F)c1)c1ccccc1-c1ocnc1C(=O)Nc1cccc(F)c1. The molecule has 3 aromatic carbocycles. The first-order chi connectivity index (χ1) is 15.0. The topological polar surface area (TPSA) is 84.2 Å². The summed E-state index contributed by atoms with van der Waals surface area (Å²) < 4.78 is 32.2. The highest BCUT2D eigenvalue weighted by Gasteiger charge is 2.23. The Morgan fingerprint density at radius 2 is 1.39 bits per heavy atom. The van der Waals surface area contributed by atoms with Gasteiger partial charge in [0.25, 0.3) is 11.8 Å². The van der Waals surface area contributed by atoms with Crippen LogP contribution < -0.4 is 10.6 Å². The van der Waals surface area contributed by atoms with E-state index in [9.17, 15) is 18.4 Å². The number of nitrogens with one attached hydrogen (secondary N) is 2. The maximum atomic E-state index is 13.4. The zero-order chi connectivity index (χ0) is 21.8. The van der Waals surface area contributed by atoms with Crippen molar-refractivity contribution in [3.05, 3.63) is 102 Å². The molecule has 0 fully saturated rings. The molecule has 0 saturated heterocycles. The van der Waals surface area contributed by atoms with Gasteiger partial charge in [-0.25, -0.2) is 13.8 Å². The molecule has 6 nitrogen and oxygen atoms in total. The molecule has 0 aliphatic carbocycles. The zero-order valence-electron chi connectivity index (χ0n) is 15.9. The molecule has 0 aliphatic rings. The predicted molar refractivity (Wildman–Crippen MR) is 111 cm³/mol. The number of aromatic nitrogens is 1. The summed E-state index contributed by atoms with van der Waals surface area (Å²) in [6.45, 7) is 0. The van der Waals surface area contributed by atoms with Crippen molar-refractivity contribution in [3.8, 4) is 11.3 Å². The van der Waals surface area contributed by atoms with Gasteiger partial charge in [0.2, 0.25) is 0 Å². The van der Waals surface area contributed by atoms with Crippen molar-refractivity contribution in [3.63, 3.8) is 0 Å². The Hall–Kier alpha value is -4.33. The van der Waals surface area contributed by atoms with Crippen LogP contribution in [-0.2, 0) is 0 Å². The third-order valence-electron chi connectivity index (χ3n) is 4.36. The molecule has 2 N–H and O–H groups in total. The second-order valence-corrected chi connectivity index (χ2v) is 6.50. The molecule has 31 heavy (non-hydrogen) atoms. The van der Waals surface area contributed by atoms with Crippen LogP contribution in [0.1, 0.15) is 20.8 Å². The van der Waals surface area contributed by atoms with Gasteiger partial charge in [-0.2, -0.15) is 0 Å². The molecule has 0 atom stereocenters. The van der Waals surface area contributed by atoms with Gasteiger partial charge in [-0.05, 0) is 42.5 Å². The molecule has 0 saturated carbocycles. The molecular weight excluding hydrogens is 404 g/mol. The number of rotatable bonds is 5. The Labute approximate surface area is 175 Å². The Morgan fingerprint density at radius 1 is 0.774 bits per heavy atom. The van der Waals surface area contributed by atoms with Crippen LogP contribution in [0.4, 0.5) is 20.2 Å². The lowest BCUT2D eigenvalue weighted by molar-refractivity contribution is 0.101. The average molecular weight is 419 g/mol. The number of hydrogen-bond acceptors (Lipinski definition) is 4. The Kier molecular flexibility index (Phi) is 5.53. The van der Waals surface area contributed by atoms with E-state index in [1.807, 2.05) is 0 Å².